The van der Waals surface area contributed by atoms with E-state index >= 15 is 0 Å². The van der Waals surface area contributed by atoms with Gasteiger partial charge in [0.15, 0.2) is 0 Å². The van der Waals surface area contributed by atoms with Crippen LogP contribution in [0, 0.1) is 11.8 Å². The molecular formula is C29H44O4. The van der Waals surface area contributed by atoms with E-state index in [1.54, 1.807) is 0 Å². The van der Waals surface area contributed by atoms with Gasteiger partial charge in [0, 0.05) is 19.4 Å². The summed E-state index contributed by atoms with van der Waals surface area (Å²) in [6.45, 7) is 9.51. The van der Waals surface area contributed by atoms with E-state index in [4.69, 9.17) is 9.47 Å². The smallest absolute Gasteiger partial charge is 0.308 e. The third kappa shape index (κ3) is 6.83. The van der Waals surface area contributed by atoms with Crippen LogP contribution in [0.4, 0.5) is 0 Å². The van der Waals surface area contributed by atoms with Crippen molar-refractivity contribution in [2.24, 2.45) is 11.8 Å². The number of benzene rings is 1. The predicted molar refractivity (Wildman–Crippen MR) is 133 cm³/mol. The molecule has 2 aliphatic carbocycles. The lowest BCUT2D eigenvalue weighted by atomic mass is 9.69. The van der Waals surface area contributed by atoms with Crippen molar-refractivity contribution in [3.63, 3.8) is 0 Å². The standard InChI is InChI=1S/C29H44O4/c1-6-7-17-29(4,5)25-18-26(32-20(2)30)28(27(19-25)33-21(3)31)24-15-13-23(14-16-24)22-11-9-8-10-12-22/h18-19,22-24H,6-17H2,1-5H3. The molecule has 4 heteroatoms. The molecule has 0 N–H and O–H groups in total. The van der Waals surface area contributed by atoms with Crippen LogP contribution in [0.5, 0.6) is 11.5 Å². The fourth-order valence-electron chi connectivity index (χ4n) is 6.12. The molecule has 0 radical (unpaired) electrons. The Hall–Kier alpha value is -1.84. The Kier molecular flexibility index (Phi) is 9.01. The summed E-state index contributed by atoms with van der Waals surface area (Å²) >= 11 is 0. The molecule has 1 aromatic carbocycles. The number of hydrogen-bond acceptors (Lipinski definition) is 4. The lowest BCUT2D eigenvalue weighted by Crippen LogP contribution is -2.24. The van der Waals surface area contributed by atoms with E-state index < -0.39 is 0 Å². The zero-order valence-corrected chi connectivity index (χ0v) is 21.5. The number of esters is 2. The highest BCUT2D eigenvalue weighted by molar-refractivity contribution is 5.73. The van der Waals surface area contributed by atoms with Crippen LogP contribution in [0.15, 0.2) is 12.1 Å². The minimum absolute atomic E-state index is 0.100. The zero-order valence-electron chi connectivity index (χ0n) is 21.5. The van der Waals surface area contributed by atoms with E-state index in [1.165, 1.54) is 58.8 Å². The van der Waals surface area contributed by atoms with Crippen molar-refractivity contribution in [1.82, 2.24) is 0 Å². The van der Waals surface area contributed by atoms with E-state index in [0.717, 1.165) is 55.1 Å². The van der Waals surface area contributed by atoms with Gasteiger partial charge in [0.25, 0.3) is 0 Å². The van der Waals surface area contributed by atoms with Crippen molar-refractivity contribution < 1.29 is 19.1 Å². The summed E-state index contributed by atoms with van der Waals surface area (Å²) in [5, 5.41) is 0. The largest absolute Gasteiger partial charge is 0.426 e. The average molecular weight is 457 g/mol. The molecule has 0 atom stereocenters. The molecular weight excluding hydrogens is 412 g/mol. The normalized spacial score (nSPS) is 22.1. The van der Waals surface area contributed by atoms with Crippen molar-refractivity contribution in [1.29, 1.82) is 0 Å². The SMILES string of the molecule is CCCCC(C)(C)c1cc(OC(C)=O)c(C2CCC(C3CCCCC3)CC2)c(OC(C)=O)c1. The maximum atomic E-state index is 12.0. The molecule has 0 aliphatic heterocycles. The van der Waals surface area contributed by atoms with E-state index in [9.17, 15) is 9.59 Å². The number of ether oxygens (including phenoxy) is 2. The molecule has 2 fully saturated rings. The summed E-state index contributed by atoms with van der Waals surface area (Å²) < 4.78 is 11.5. The Morgan fingerprint density at radius 3 is 1.85 bits per heavy atom. The second-order valence-electron chi connectivity index (χ2n) is 11.1. The molecule has 0 heterocycles. The minimum Gasteiger partial charge on any atom is -0.426 e. The molecule has 1 aromatic rings. The van der Waals surface area contributed by atoms with Gasteiger partial charge in [-0.25, -0.2) is 0 Å². The highest BCUT2D eigenvalue weighted by atomic mass is 16.5. The fourth-order valence-corrected chi connectivity index (χ4v) is 6.12. The molecule has 0 unspecified atom stereocenters. The van der Waals surface area contributed by atoms with Crippen LogP contribution in [0.3, 0.4) is 0 Å². The first-order chi connectivity index (χ1) is 15.7. The quantitative estimate of drug-likeness (QED) is 0.295. The van der Waals surface area contributed by atoms with Gasteiger partial charge < -0.3 is 9.47 Å². The molecule has 2 saturated carbocycles. The molecule has 0 aromatic heterocycles. The van der Waals surface area contributed by atoms with Crippen molar-refractivity contribution in [3.8, 4) is 11.5 Å². The molecule has 0 saturated heterocycles. The van der Waals surface area contributed by atoms with Crippen molar-refractivity contribution in [2.75, 3.05) is 0 Å². The molecule has 184 valence electrons. The van der Waals surface area contributed by atoms with E-state index in [1.807, 2.05) is 12.1 Å². The number of rotatable bonds is 8. The molecule has 0 bridgehead atoms. The first kappa shape index (κ1) is 25.8. The van der Waals surface area contributed by atoms with Gasteiger partial charge in [-0.3, -0.25) is 9.59 Å². The summed E-state index contributed by atoms with van der Waals surface area (Å²) in [7, 11) is 0. The topological polar surface area (TPSA) is 52.6 Å². The highest BCUT2D eigenvalue weighted by Gasteiger charge is 2.33. The van der Waals surface area contributed by atoms with E-state index in [2.05, 4.69) is 20.8 Å². The minimum atomic E-state index is -0.329. The zero-order chi connectivity index (χ0) is 24.0. The lowest BCUT2D eigenvalue weighted by molar-refractivity contribution is -0.132. The van der Waals surface area contributed by atoms with Gasteiger partial charge in [-0.2, -0.15) is 0 Å². The van der Waals surface area contributed by atoms with Gasteiger partial charge in [-0.05, 0) is 73.0 Å². The highest BCUT2D eigenvalue weighted by Crippen LogP contribution is 2.49. The van der Waals surface area contributed by atoms with Crippen LogP contribution in [0.2, 0.25) is 0 Å². The first-order valence-corrected chi connectivity index (χ1v) is 13.3. The molecule has 33 heavy (non-hydrogen) atoms. The Morgan fingerprint density at radius 1 is 0.848 bits per heavy atom. The number of carbonyl (C=O) groups is 2. The van der Waals surface area contributed by atoms with Gasteiger partial charge in [-0.15, -0.1) is 0 Å². The molecule has 4 nitrogen and oxygen atoms in total. The van der Waals surface area contributed by atoms with E-state index in [-0.39, 0.29) is 23.3 Å². The van der Waals surface area contributed by atoms with Crippen LogP contribution >= 0.6 is 0 Å². The monoisotopic (exact) mass is 456 g/mol. The third-order valence-corrected chi connectivity index (χ3v) is 8.04. The van der Waals surface area contributed by atoms with Gasteiger partial charge in [0.1, 0.15) is 11.5 Å². The van der Waals surface area contributed by atoms with Gasteiger partial charge in [-0.1, -0.05) is 65.7 Å². The van der Waals surface area contributed by atoms with Crippen LogP contribution in [0.1, 0.15) is 129 Å². The molecule has 0 spiro atoms. The van der Waals surface area contributed by atoms with Crippen LogP contribution < -0.4 is 9.47 Å². The van der Waals surface area contributed by atoms with Crippen LogP contribution in [0.25, 0.3) is 0 Å². The Balaban J connectivity index is 1.92. The van der Waals surface area contributed by atoms with Gasteiger partial charge in [0.05, 0.1) is 0 Å². The predicted octanol–water partition coefficient (Wildman–Crippen LogP) is 7.86. The maximum absolute atomic E-state index is 12.0. The fraction of sp³-hybridized carbons (Fsp3) is 0.724. The summed E-state index contributed by atoms with van der Waals surface area (Å²) in [6.07, 6.45) is 14.7. The summed E-state index contributed by atoms with van der Waals surface area (Å²) in [4.78, 5) is 24.1. The molecule has 3 rings (SSSR count). The first-order valence-electron chi connectivity index (χ1n) is 13.3. The average Bonchev–Trinajstić information content (AvgIpc) is 2.77. The molecule has 2 aliphatic rings. The van der Waals surface area contributed by atoms with E-state index in [0.29, 0.717) is 11.5 Å². The second kappa shape index (κ2) is 11.5. The summed E-state index contributed by atoms with van der Waals surface area (Å²) in [5.41, 5.74) is 1.87. The van der Waals surface area contributed by atoms with Crippen molar-refractivity contribution in [2.45, 2.75) is 123 Å². The third-order valence-electron chi connectivity index (χ3n) is 8.04. The number of unbranched alkanes of at least 4 members (excludes halogenated alkanes) is 1. The van der Waals surface area contributed by atoms with Crippen molar-refractivity contribution in [3.05, 3.63) is 23.3 Å². The Labute approximate surface area is 200 Å². The number of hydrogen-bond donors (Lipinski definition) is 0. The maximum Gasteiger partial charge on any atom is 0.308 e. The summed E-state index contributed by atoms with van der Waals surface area (Å²) in [6, 6.07) is 4.07. The summed E-state index contributed by atoms with van der Waals surface area (Å²) in [5.74, 6) is 2.45. The van der Waals surface area contributed by atoms with Gasteiger partial charge >= 0.3 is 11.9 Å². The number of carbonyl (C=O) groups excluding carboxylic acids is 2. The van der Waals surface area contributed by atoms with Gasteiger partial charge in [0.2, 0.25) is 0 Å². The lowest BCUT2D eigenvalue weighted by Gasteiger charge is -2.37. The van der Waals surface area contributed by atoms with Crippen molar-refractivity contribution >= 4 is 11.9 Å². The second-order valence-corrected chi connectivity index (χ2v) is 11.1. The van der Waals surface area contributed by atoms with Crippen LogP contribution in [-0.2, 0) is 15.0 Å². The Bertz CT molecular complexity index is 774. The molecule has 0 amide bonds. The Morgan fingerprint density at radius 2 is 1.36 bits per heavy atom. The van der Waals surface area contributed by atoms with Crippen LogP contribution in [-0.4, -0.2) is 11.9 Å².